The van der Waals surface area contributed by atoms with Crippen LogP contribution in [0.4, 0.5) is 0 Å². The first kappa shape index (κ1) is 15.4. The van der Waals surface area contributed by atoms with Crippen LogP contribution in [0.15, 0.2) is 29.1 Å². The van der Waals surface area contributed by atoms with Gasteiger partial charge in [0.1, 0.15) is 5.75 Å². The molecule has 0 aliphatic heterocycles. The summed E-state index contributed by atoms with van der Waals surface area (Å²) in [7, 11) is 1.65. The first-order chi connectivity index (χ1) is 10.2. The molecule has 0 saturated heterocycles. The molecule has 0 radical (unpaired) electrons. The van der Waals surface area contributed by atoms with E-state index in [1.54, 1.807) is 7.11 Å². The van der Waals surface area contributed by atoms with Crippen molar-refractivity contribution in [2.45, 2.75) is 46.0 Å². The van der Waals surface area contributed by atoms with Gasteiger partial charge in [-0.3, -0.25) is 14.6 Å². The van der Waals surface area contributed by atoms with Crippen molar-refractivity contribution in [2.75, 3.05) is 7.11 Å². The lowest BCUT2D eigenvalue weighted by Gasteiger charge is -2.10. The number of methoxy groups -OCH3 is 1. The van der Waals surface area contributed by atoms with Gasteiger partial charge < -0.3 is 4.74 Å². The number of rotatable bonds is 7. The summed E-state index contributed by atoms with van der Waals surface area (Å²) in [5.41, 5.74) is 3.07. The van der Waals surface area contributed by atoms with Crippen molar-refractivity contribution in [1.29, 1.82) is 0 Å². The summed E-state index contributed by atoms with van der Waals surface area (Å²) in [6, 6.07) is 7.76. The van der Waals surface area contributed by atoms with Crippen LogP contribution in [0.5, 0.6) is 5.75 Å². The Kier molecular flexibility index (Phi) is 5.26. The van der Waals surface area contributed by atoms with Gasteiger partial charge in [0.2, 0.25) is 0 Å². The van der Waals surface area contributed by atoms with Gasteiger partial charge in [0.25, 0.3) is 5.56 Å². The van der Waals surface area contributed by atoms with E-state index in [2.05, 4.69) is 18.9 Å². The zero-order valence-corrected chi connectivity index (χ0v) is 13.1. The topological polar surface area (TPSA) is 47.0 Å². The van der Waals surface area contributed by atoms with Crippen LogP contribution in [0.25, 0.3) is 5.69 Å². The second-order valence-electron chi connectivity index (χ2n) is 5.25. The molecule has 0 aliphatic carbocycles. The molecule has 114 valence electrons. The van der Waals surface area contributed by atoms with E-state index in [4.69, 9.17) is 4.74 Å². The Balaban J connectivity index is 2.43. The van der Waals surface area contributed by atoms with E-state index in [9.17, 15) is 4.79 Å². The molecule has 21 heavy (non-hydrogen) atoms. The van der Waals surface area contributed by atoms with Crippen molar-refractivity contribution in [1.82, 2.24) is 9.78 Å². The van der Waals surface area contributed by atoms with Gasteiger partial charge in [0.05, 0.1) is 12.8 Å². The normalized spacial score (nSPS) is 10.8. The fourth-order valence-corrected chi connectivity index (χ4v) is 2.57. The van der Waals surface area contributed by atoms with Crippen LogP contribution in [0.3, 0.4) is 0 Å². The van der Waals surface area contributed by atoms with Crippen LogP contribution in [-0.2, 0) is 12.8 Å². The molecular formula is C17H24N2O2. The number of hydrogen-bond donors (Lipinski definition) is 1. The largest absolute Gasteiger partial charge is 0.497 e. The molecule has 0 spiro atoms. The smallest absolute Gasteiger partial charge is 0.267 e. The minimum Gasteiger partial charge on any atom is -0.497 e. The number of aromatic amines is 1. The molecule has 4 heteroatoms. The van der Waals surface area contributed by atoms with Gasteiger partial charge in [0, 0.05) is 11.3 Å². The van der Waals surface area contributed by atoms with E-state index in [0.29, 0.717) is 0 Å². The maximum absolute atomic E-state index is 12.2. The van der Waals surface area contributed by atoms with Crippen molar-refractivity contribution in [3.8, 4) is 11.4 Å². The van der Waals surface area contributed by atoms with Crippen molar-refractivity contribution >= 4 is 0 Å². The Morgan fingerprint density at radius 2 is 1.81 bits per heavy atom. The summed E-state index contributed by atoms with van der Waals surface area (Å²) in [6.07, 6.45) is 4.92. The highest BCUT2D eigenvalue weighted by molar-refractivity contribution is 5.39. The Labute approximate surface area is 125 Å². The van der Waals surface area contributed by atoms with Crippen molar-refractivity contribution in [3.63, 3.8) is 0 Å². The number of nitrogens with zero attached hydrogens (tertiary/aromatic N) is 1. The van der Waals surface area contributed by atoms with Gasteiger partial charge in [-0.05, 0) is 43.5 Å². The standard InChI is InChI=1S/C17H24N2O2/c1-4-6-8-15-16(7-5-2)19(18-17(15)20)13-9-11-14(21-3)12-10-13/h9-12H,4-8H2,1-3H3,(H,18,20). The molecule has 2 aromatic rings. The van der Waals surface area contributed by atoms with E-state index < -0.39 is 0 Å². The lowest BCUT2D eigenvalue weighted by Crippen LogP contribution is -2.07. The third kappa shape index (κ3) is 3.38. The Morgan fingerprint density at radius 1 is 1.10 bits per heavy atom. The summed E-state index contributed by atoms with van der Waals surface area (Å²) in [6.45, 7) is 4.29. The van der Waals surface area contributed by atoms with Gasteiger partial charge >= 0.3 is 0 Å². The number of hydrogen-bond acceptors (Lipinski definition) is 2. The molecule has 1 aromatic carbocycles. The lowest BCUT2D eigenvalue weighted by atomic mass is 10.1. The molecule has 1 heterocycles. The summed E-state index contributed by atoms with van der Waals surface area (Å²) in [5.74, 6) is 0.816. The molecular weight excluding hydrogens is 264 g/mol. The van der Waals surface area contributed by atoms with E-state index in [1.807, 2.05) is 28.9 Å². The highest BCUT2D eigenvalue weighted by Crippen LogP contribution is 2.18. The molecule has 0 atom stereocenters. The zero-order chi connectivity index (χ0) is 15.2. The molecule has 0 saturated carbocycles. The fourth-order valence-electron chi connectivity index (χ4n) is 2.57. The number of nitrogens with one attached hydrogen (secondary N) is 1. The first-order valence-electron chi connectivity index (χ1n) is 7.68. The van der Waals surface area contributed by atoms with Gasteiger partial charge in [-0.25, -0.2) is 0 Å². The molecule has 0 aliphatic rings. The highest BCUT2D eigenvalue weighted by atomic mass is 16.5. The summed E-state index contributed by atoms with van der Waals surface area (Å²) < 4.78 is 7.11. The average Bonchev–Trinajstić information content (AvgIpc) is 2.82. The van der Waals surface area contributed by atoms with Gasteiger partial charge in [0.15, 0.2) is 0 Å². The summed E-state index contributed by atoms with van der Waals surface area (Å²) >= 11 is 0. The number of aromatic nitrogens is 2. The van der Waals surface area contributed by atoms with Crippen molar-refractivity contribution < 1.29 is 4.74 Å². The Hall–Kier alpha value is -1.97. The molecule has 0 bridgehead atoms. The maximum atomic E-state index is 12.2. The van der Waals surface area contributed by atoms with E-state index in [1.165, 1.54) is 0 Å². The number of ether oxygens (including phenoxy) is 1. The van der Waals surface area contributed by atoms with Gasteiger partial charge in [-0.15, -0.1) is 0 Å². The minimum absolute atomic E-state index is 0.0442. The lowest BCUT2D eigenvalue weighted by molar-refractivity contribution is 0.414. The van der Waals surface area contributed by atoms with Crippen LogP contribution < -0.4 is 10.3 Å². The molecule has 0 amide bonds. The zero-order valence-electron chi connectivity index (χ0n) is 13.1. The van der Waals surface area contributed by atoms with E-state index >= 15 is 0 Å². The Morgan fingerprint density at radius 3 is 2.38 bits per heavy atom. The van der Waals surface area contributed by atoms with E-state index in [0.717, 1.165) is 54.8 Å². The molecule has 0 fully saturated rings. The molecule has 4 nitrogen and oxygen atoms in total. The molecule has 1 aromatic heterocycles. The number of unbranched alkanes of at least 4 members (excludes halogenated alkanes) is 1. The van der Waals surface area contributed by atoms with Crippen LogP contribution in [0.2, 0.25) is 0 Å². The van der Waals surface area contributed by atoms with E-state index in [-0.39, 0.29) is 5.56 Å². The average molecular weight is 288 g/mol. The quantitative estimate of drug-likeness (QED) is 0.848. The van der Waals surface area contributed by atoms with Crippen LogP contribution in [-0.4, -0.2) is 16.9 Å². The molecule has 1 N–H and O–H groups in total. The minimum atomic E-state index is 0.0442. The predicted octanol–water partition coefficient (Wildman–Crippen LogP) is 3.47. The second-order valence-corrected chi connectivity index (χ2v) is 5.25. The van der Waals surface area contributed by atoms with Crippen molar-refractivity contribution in [2.24, 2.45) is 0 Å². The van der Waals surface area contributed by atoms with Crippen LogP contribution >= 0.6 is 0 Å². The van der Waals surface area contributed by atoms with Crippen LogP contribution in [0.1, 0.15) is 44.4 Å². The maximum Gasteiger partial charge on any atom is 0.267 e. The number of H-pyrrole nitrogens is 1. The number of benzene rings is 1. The Bertz CT molecular complexity index is 623. The monoisotopic (exact) mass is 288 g/mol. The van der Waals surface area contributed by atoms with Crippen molar-refractivity contribution in [3.05, 3.63) is 45.9 Å². The fraction of sp³-hybridized carbons (Fsp3) is 0.471. The highest BCUT2D eigenvalue weighted by Gasteiger charge is 2.14. The molecule has 2 rings (SSSR count). The van der Waals surface area contributed by atoms with Gasteiger partial charge in [-0.1, -0.05) is 26.7 Å². The summed E-state index contributed by atoms with van der Waals surface area (Å²) in [4.78, 5) is 12.2. The molecule has 0 unspecified atom stereocenters. The third-order valence-corrected chi connectivity index (χ3v) is 3.70. The predicted molar refractivity (Wildman–Crippen MR) is 85.5 cm³/mol. The third-order valence-electron chi connectivity index (χ3n) is 3.70. The second kappa shape index (κ2) is 7.16. The summed E-state index contributed by atoms with van der Waals surface area (Å²) in [5, 5.41) is 2.98. The van der Waals surface area contributed by atoms with Gasteiger partial charge in [-0.2, -0.15) is 0 Å². The first-order valence-corrected chi connectivity index (χ1v) is 7.68. The SMILES string of the molecule is CCCCc1c(CCC)n(-c2ccc(OC)cc2)[nH]c1=O. The van der Waals surface area contributed by atoms with Crippen LogP contribution in [0, 0.1) is 0 Å².